The fourth-order valence-electron chi connectivity index (χ4n) is 3.71. The summed E-state index contributed by atoms with van der Waals surface area (Å²) in [4.78, 5) is 37.3. The van der Waals surface area contributed by atoms with Crippen LogP contribution in [0.25, 0.3) is 11.0 Å². The van der Waals surface area contributed by atoms with Gasteiger partial charge in [0.25, 0.3) is 17.0 Å². The zero-order valence-corrected chi connectivity index (χ0v) is 16.2. The van der Waals surface area contributed by atoms with Crippen LogP contribution in [-0.2, 0) is 11.3 Å². The summed E-state index contributed by atoms with van der Waals surface area (Å²) in [5, 5.41) is 18.0. The monoisotopic (exact) mass is 415 g/mol. The van der Waals surface area contributed by atoms with Crippen molar-refractivity contribution in [2.45, 2.75) is 19.0 Å². The normalized spacial score (nSPS) is 15.9. The molecule has 1 aliphatic rings. The number of nitrogens with one attached hydrogen (secondary N) is 2. The summed E-state index contributed by atoms with van der Waals surface area (Å²) in [5.41, 5.74) is 1.34. The van der Waals surface area contributed by atoms with Crippen molar-refractivity contribution in [3.63, 3.8) is 0 Å². The van der Waals surface area contributed by atoms with Crippen LogP contribution in [0.2, 0.25) is 0 Å². The first-order valence-electron chi connectivity index (χ1n) is 9.66. The lowest BCUT2D eigenvalue weighted by Gasteiger charge is -2.22. The third kappa shape index (κ3) is 3.33. The Bertz CT molecular complexity index is 1400. The summed E-state index contributed by atoms with van der Waals surface area (Å²) in [6, 6.07) is 19.0. The highest BCUT2D eigenvalue weighted by molar-refractivity contribution is 6.03. The highest BCUT2D eigenvalue weighted by atomic mass is 16.2. The molecule has 5 rings (SSSR count). The third-order valence-corrected chi connectivity index (χ3v) is 5.20. The molecular formula is C21H17N7O3. The van der Waals surface area contributed by atoms with Crippen molar-refractivity contribution in [1.82, 2.24) is 30.2 Å². The fourth-order valence-corrected chi connectivity index (χ4v) is 3.71. The van der Waals surface area contributed by atoms with Crippen LogP contribution >= 0.6 is 0 Å². The van der Waals surface area contributed by atoms with Gasteiger partial charge in [0.15, 0.2) is 11.0 Å². The Labute approximate surface area is 174 Å². The summed E-state index contributed by atoms with van der Waals surface area (Å²) in [5.74, 6) is -0.369. The van der Waals surface area contributed by atoms with E-state index in [1.54, 1.807) is 0 Å². The first kappa shape index (κ1) is 18.7. The molecule has 0 spiro atoms. The molecule has 2 N–H and O–H groups in total. The van der Waals surface area contributed by atoms with Gasteiger partial charge in [-0.05, 0) is 11.1 Å². The van der Waals surface area contributed by atoms with E-state index in [1.165, 1.54) is 5.01 Å². The van der Waals surface area contributed by atoms with Crippen molar-refractivity contribution < 1.29 is 4.79 Å². The van der Waals surface area contributed by atoms with Crippen LogP contribution < -0.4 is 11.1 Å². The van der Waals surface area contributed by atoms with Gasteiger partial charge in [0.05, 0.1) is 11.8 Å². The number of fused-ring (bicyclic) bond motifs is 1. The summed E-state index contributed by atoms with van der Waals surface area (Å²) in [6.07, 6.45) is 0.554. The number of nitrogens with zero attached hydrogens (tertiary/aromatic N) is 5. The van der Waals surface area contributed by atoms with Crippen LogP contribution in [0.4, 0.5) is 0 Å². The minimum Gasteiger partial charge on any atom is -0.271 e. The molecule has 0 saturated carbocycles. The van der Waals surface area contributed by atoms with Crippen molar-refractivity contribution in [3.8, 4) is 0 Å². The molecule has 1 amide bonds. The van der Waals surface area contributed by atoms with Gasteiger partial charge >= 0.3 is 0 Å². The molecule has 10 heteroatoms. The Morgan fingerprint density at radius 1 is 0.968 bits per heavy atom. The predicted molar refractivity (Wildman–Crippen MR) is 112 cm³/mol. The van der Waals surface area contributed by atoms with E-state index < -0.39 is 11.1 Å². The second-order valence-electron chi connectivity index (χ2n) is 7.13. The molecule has 0 saturated heterocycles. The Morgan fingerprint density at radius 3 is 2.39 bits per heavy atom. The maximum Gasteiger partial charge on any atom is 0.292 e. The number of hydrogen-bond donors (Lipinski definition) is 2. The number of H-pyrrole nitrogens is 2. The molecule has 4 aromatic rings. The Balaban J connectivity index is 1.52. The summed E-state index contributed by atoms with van der Waals surface area (Å²) in [7, 11) is 0. The van der Waals surface area contributed by atoms with E-state index in [2.05, 4.69) is 25.6 Å². The van der Waals surface area contributed by atoms with E-state index in [-0.39, 0.29) is 29.5 Å². The molecule has 0 radical (unpaired) electrons. The van der Waals surface area contributed by atoms with E-state index >= 15 is 0 Å². The fraction of sp³-hybridized carbons (Fsp3) is 0.143. The average Bonchev–Trinajstić information content (AvgIpc) is 3.43. The van der Waals surface area contributed by atoms with Crippen molar-refractivity contribution in [1.29, 1.82) is 0 Å². The van der Waals surface area contributed by atoms with Crippen LogP contribution in [0.15, 0.2) is 75.4 Å². The standard InChI is InChI=1S/C21H17N7O3/c29-17(12-27-19-18(22-26-27)20(30)23-24-21(19)31)28-16(14-9-5-2-6-10-14)11-15(25-28)13-7-3-1-4-8-13/h1-10,16H,11-12H2,(H,23,30)(H,24,31)/t16-/m1/s1. The first-order valence-corrected chi connectivity index (χ1v) is 9.66. The van der Waals surface area contributed by atoms with Gasteiger partial charge in [-0.3, -0.25) is 24.6 Å². The minimum atomic E-state index is -0.582. The van der Waals surface area contributed by atoms with Crippen LogP contribution in [0.3, 0.4) is 0 Å². The molecule has 1 atom stereocenters. The summed E-state index contributed by atoms with van der Waals surface area (Å²) >= 11 is 0. The van der Waals surface area contributed by atoms with Crippen LogP contribution in [0, 0.1) is 0 Å². The SMILES string of the molecule is O=C(Cn1nnc2c(=O)[nH][nH]c(=O)c21)N1N=C(c2ccccc2)C[C@@H]1c1ccccc1. The molecule has 3 heterocycles. The number of carbonyl (C=O) groups is 1. The van der Waals surface area contributed by atoms with Gasteiger partial charge in [-0.25, -0.2) is 9.69 Å². The van der Waals surface area contributed by atoms with E-state index in [0.29, 0.717) is 6.42 Å². The molecule has 0 unspecified atom stereocenters. The number of carbonyl (C=O) groups excluding carboxylic acids is 1. The van der Waals surface area contributed by atoms with Gasteiger partial charge in [0, 0.05) is 6.42 Å². The number of amides is 1. The maximum absolute atomic E-state index is 13.2. The number of rotatable bonds is 4. The summed E-state index contributed by atoms with van der Waals surface area (Å²) < 4.78 is 1.13. The second kappa shape index (κ2) is 7.48. The number of aromatic amines is 2. The molecule has 2 aromatic heterocycles. The molecule has 0 fully saturated rings. The number of aromatic nitrogens is 5. The van der Waals surface area contributed by atoms with Gasteiger partial charge in [-0.1, -0.05) is 65.9 Å². The van der Waals surface area contributed by atoms with E-state index in [1.807, 2.05) is 60.7 Å². The van der Waals surface area contributed by atoms with Crippen molar-refractivity contribution in [2.75, 3.05) is 0 Å². The molecule has 31 heavy (non-hydrogen) atoms. The van der Waals surface area contributed by atoms with Crippen molar-refractivity contribution in [2.24, 2.45) is 5.10 Å². The molecule has 0 bridgehead atoms. The van der Waals surface area contributed by atoms with Gasteiger partial charge in [0.1, 0.15) is 6.54 Å². The van der Waals surface area contributed by atoms with E-state index in [0.717, 1.165) is 21.5 Å². The quantitative estimate of drug-likeness (QED) is 0.517. The highest BCUT2D eigenvalue weighted by Crippen LogP contribution is 2.32. The molecule has 0 aliphatic carbocycles. The third-order valence-electron chi connectivity index (χ3n) is 5.20. The smallest absolute Gasteiger partial charge is 0.271 e. The molecule has 2 aromatic carbocycles. The minimum absolute atomic E-state index is 0.0557. The number of hydrazone groups is 1. The topological polar surface area (TPSA) is 129 Å². The first-order chi connectivity index (χ1) is 15.1. The number of hydrogen-bond acceptors (Lipinski definition) is 6. The van der Waals surface area contributed by atoms with Crippen LogP contribution in [0.1, 0.15) is 23.6 Å². The van der Waals surface area contributed by atoms with Gasteiger partial charge < -0.3 is 0 Å². The molecular weight excluding hydrogens is 398 g/mol. The van der Waals surface area contributed by atoms with Crippen molar-refractivity contribution in [3.05, 3.63) is 92.5 Å². The van der Waals surface area contributed by atoms with Gasteiger partial charge in [-0.15, -0.1) is 5.10 Å². The zero-order valence-electron chi connectivity index (χ0n) is 16.2. The zero-order chi connectivity index (χ0) is 21.4. The van der Waals surface area contributed by atoms with Gasteiger partial charge in [0.2, 0.25) is 0 Å². The molecule has 154 valence electrons. The highest BCUT2D eigenvalue weighted by Gasteiger charge is 2.33. The Kier molecular flexibility index (Phi) is 4.51. The predicted octanol–water partition coefficient (Wildman–Crippen LogP) is 1.19. The molecule has 10 nitrogen and oxygen atoms in total. The second-order valence-corrected chi connectivity index (χ2v) is 7.13. The lowest BCUT2D eigenvalue weighted by Crippen LogP contribution is -2.31. The Morgan fingerprint density at radius 2 is 1.65 bits per heavy atom. The largest absolute Gasteiger partial charge is 0.292 e. The average molecular weight is 415 g/mol. The number of benzene rings is 2. The van der Waals surface area contributed by atoms with Crippen LogP contribution in [0.5, 0.6) is 0 Å². The van der Waals surface area contributed by atoms with Crippen molar-refractivity contribution >= 4 is 22.7 Å². The Hall–Kier alpha value is -4.34. The van der Waals surface area contributed by atoms with E-state index in [4.69, 9.17) is 0 Å². The van der Waals surface area contributed by atoms with E-state index in [9.17, 15) is 14.4 Å². The lowest BCUT2D eigenvalue weighted by atomic mass is 9.98. The van der Waals surface area contributed by atoms with Crippen LogP contribution in [-0.4, -0.2) is 41.8 Å². The lowest BCUT2D eigenvalue weighted by molar-refractivity contribution is -0.133. The summed E-state index contributed by atoms with van der Waals surface area (Å²) in [6.45, 7) is -0.280. The molecule has 1 aliphatic heterocycles. The van der Waals surface area contributed by atoms with Gasteiger partial charge in [-0.2, -0.15) is 5.10 Å². The maximum atomic E-state index is 13.2.